The Morgan fingerprint density at radius 1 is 1.29 bits per heavy atom. The van der Waals surface area contributed by atoms with Crippen LogP contribution in [0, 0.1) is 0 Å². The molecular formula is C8H13BF3KS. The fourth-order valence-electron chi connectivity index (χ4n) is 1.37. The second-order valence-corrected chi connectivity index (χ2v) is 4.74. The molecule has 1 fully saturated rings. The number of halogens is 3. The van der Waals surface area contributed by atoms with Crippen molar-refractivity contribution in [3.8, 4) is 0 Å². The summed E-state index contributed by atoms with van der Waals surface area (Å²) in [6.45, 7) is -1.74. The molecule has 0 aromatic carbocycles. The first-order chi connectivity index (χ1) is 6.00. The van der Waals surface area contributed by atoms with Gasteiger partial charge in [-0.25, -0.2) is 0 Å². The second-order valence-electron chi connectivity index (χ2n) is 3.45. The Labute approximate surface area is 130 Å². The van der Waals surface area contributed by atoms with Gasteiger partial charge in [0.2, 0.25) is 0 Å². The maximum atomic E-state index is 12.1. The third kappa shape index (κ3) is 5.61. The van der Waals surface area contributed by atoms with E-state index in [1.165, 1.54) is 24.6 Å². The van der Waals surface area contributed by atoms with Crippen LogP contribution in [0.3, 0.4) is 0 Å². The first kappa shape index (κ1) is 15.6. The predicted octanol–water partition coefficient (Wildman–Crippen LogP) is 0.609. The topological polar surface area (TPSA) is 0 Å². The Morgan fingerprint density at radius 3 is 2.21 bits per heavy atom. The van der Waals surface area contributed by atoms with Crippen LogP contribution in [0.25, 0.3) is 0 Å². The van der Waals surface area contributed by atoms with Crippen LogP contribution >= 0.6 is 11.8 Å². The van der Waals surface area contributed by atoms with E-state index in [4.69, 9.17) is 0 Å². The van der Waals surface area contributed by atoms with Crippen molar-refractivity contribution in [3.63, 3.8) is 0 Å². The zero-order chi connectivity index (χ0) is 9.90. The zero-order valence-corrected chi connectivity index (χ0v) is 12.4. The zero-order valence-electron chi connectivity index (χ0n) is 8.44. The van der Waals surface area contributed by atoms with Crippen molar-refractivity contribution in [1.29, 1.82) is 0 Å². The van der Waals surface area contributed by atoms with E-state index in [9.17, 15) is 12.9 Å². The summed E-state index contributed by atoms with van der Waals surface area (Å²) in [5.74, 6) is 0.0637. The molecule has 0 atom stereocenters. The Hall–Kier alpha value is 1.58. The normalized spacial score (nSPS) is 17.9. The van der Waals surface area contributed by atoms with Gasteiger partial charge >= 0.3 is 58.4 Å². The molecule has 0 aromatic heterocycles. The molecule has 1 aliphatic carbocycles. The van der Waals surface area contributed by atoms with Crippen LogP contribution < -0.4 is 51.4 Å². The van der Waals surface area contributed by atoms with E-state index in [1.807, 2.05) is 0 Å². The van der Waals surface area contributed by atoms with Gasteiger partial charge in [-0.15, -0.1) is 12.1 Å². The van der Waals surface area contributed by atoms with Crippen molar-refractivity contribution in [2.24, 2.45) is 0 Å². The molecule has 0 spiro atoms. The third-order valence-corrected chi connectivity index (χ3v) is 3.75. The average Bonchev–Trinajstić information content (AvgIpc) is 2.50. The van der Waals surface area contributed by atoms with Crippen LogP contribution in [-0.4, -0.2) is 18.0 Å². The first-order valence-electron chi connectivity index (χ1n) is 4.49. The van der Waals surface area contributed by atoms with Gasteiger partial charge in [0, 0.05) is 5.25 Å². The van der Waals surface area contributed by atoms with Gasteiger partial charge < -0.3 is 12.9 Å². The summed E-state index contributed by atoms with van der Waals surface area (Å²) in [6.07, 6.45) is 4.48. The largest absolute Gasteiger partial charge is 1.00 e. The maximum Gasteiger partial charge on any atom is 1.00 e. The molecule has 0 heterocycles. The summed E-state index contributed by atoms with van der Waals surface area (Å²) < 4.78 is 36.2. The van der Waals surface area contributed by atoms with Crippen molar-refractivity contribution in [1.82, 2.24) is 0 Å². The van der Waals surface area contributed by atoms with Crippen LogP contribution in [0.1, 0.15) is 25.7 Å². The number of hydrogen-bond donors (Lipinski definition) is 0. The van der Waals surface area contributed by atoms with E-state index in [2.05, 4.69) is 6.58 Å². The monoisotopic (exact) mass is 248 g/mol. The van der Waals surface area contributed by atoms with E-state index in [1.54, 1.807) is 0 Å². The molecule has 6 heteroatoms. The van der Waals surface area contributed by atoms with Crippen molar-refractivity contribution in [3.05, 3.63) is 12.1 Å². The van der Waals surface area contributed by atoms with Crippen molar-refractivity contribution < 1.29 is 64.3 Å². The molecule has 0 aromatic rings. The average molecular weight is 248 g/mol. The molecule has 0 amide bonds. The van der Waals surface area contributed by atoms with Crippen LogP contribution in [0.2, 0.25) is 0 Å². The molecule has 0 radical (unpaired) electrons. The summed E-state index contributed by atoms with van der Waals surface area (Å²) in [7, 11) is 0. The Bertz CT molecular complexity index is 190. The summed E-state index contributed by atoms with van der Waals surface area (Å²) >= 11 is 1.42. The standard InChI is InChI=1S/C8H13BF3S.K/c1-7(9(10,11)12)6-13-8-4-2-3-5-8;/h8H,1-6H2;/q-1;+1. The number of rotatable bonds is 4. The molecule has 14 heavy (non-hydrogen) atoms. The Morgan fingerprint density at radius 2 is 1.79 bits per heavy atom. The quantitative estimate of drug-likeness (QED) is 0.657. The van der Waals surface area contributed by atoms with E-state index < -0.39 is 12.4 Å². The van der Waals surface area contributed by atoms with Gasteiger partial charge in [-0.1, -0.05) is 12.8 Å². The molecule has 76 valence electrons. The molecular weight excluding hydrogens is 235 g/mol. The van der Waals surface area contributed by atoms with Gasteiger partial charge in [-0.3, -0.25) is 0 Å². The minimum atomic E-state index is -4.81. The molecule has 1 saturated carbocycles. The van der Waals surface area contributed by atoms with Gasteiger partial charge in [0.05, 0.1) is 0 Å². The third-order valence-electron chi connectivity index (χ3n) is 2.27. The van der Waals surface area contributed by atoms with Crippen LogP contribution in [-0.2, 0) is 0 Å². The van der Waals surface area contributed by atoms with Crippen molar-refractivity contribution >= 4 is 18.7 Å². The van der Waals surface area contributed by atoms with Gasteiger partial charge in [0.25, 0.3) is 0 Å². The minimum absolute atomic E-state index is 0. The molecule has 0 unspecified atom stereocenters. The fraction of sp³-hybridized carbons (Fsp3) is 0.750. The van der Waals surface area contributed by atoms with Gasteiger partial charge in [0.15, 0.2) is 0 Å². The molecule has 0 saturated heterocycles. The Kier molecular flexibility index (Phi) is 7.81. The predicted molar refractivity (Wildman–Crippen MR) is 52.9 cm³/mol. The summed E-state index contributed by atoms with van der Waals surface area (Å²) in [5, 5.41) is 0.440. The van der Waals surface area contributed by atoms with E-state index in [-0.39, 0.29) is 57.1 Å². The van der Waals surface area contributed by atoms with Gasteiger partial charge in [-0.05, 0) is 18.6 Å². The second kappa shape index (κ2) is 7.01. The Balaban J connectivity index is 0.00000169. The van der Waals surface area contributed by atoms with Crippen LogP contribution in [0.15, 0.2) is 12.1 Å². The SMILES string of the molecule is C=C(CSC1CCCC1)[B-](F)(F)F.[K+]. The van der Waals surface area contributed by atoms with E-state index in [0.717, 1.165) is 12.8 Å². The molecule has 0 nitrogen and oxygen atoms in total. The number of thioether (sulfide) groups is 1. The summed E-state index contributed by atoms with van der Waals surface area (Å²) in [5.41, 5.74) is -0.545. The minimum Gasteiger partial charge on any atom is -0.445 e. The molecule has 0 bridgehead atoms. The van der Waals surface area contributed by atoms with Crippen LogP contribution in [0.5, 0.6) is 0 Å². The van der Waals surface area contributed by atoms with E-state index in [0.29, 0.717) is 5.25 Å². The van der Waals surface area contributed by atoms with E-state index >= 15 is 0 Å². The summed E-state index contributed by atoms with van der Waals surface area (Å²) in [4.78, 5) is 0. The maximum absolute atomic E-state index is 12.1. The molecule has 0 aliphatic heterocycles. The smallest absolute Gasteiger partial charge is 0.445 e. The molecule has 1 aliphatic rings. The molecule has 0 N–H and O–H groups in total. The first-order valence-corrected chi connectivity index (χ1v) is 5.54. The van der Waals surface area contributed by atoms with Crippen LogP contribution in [0.4, 0.5) is 12.9 Å². The van der Waals surface area contributed by atoms with Gasteiger partial charge in [0.1, 0.15) is 0 Å². The van der Waals surface area contributed by atoms with Gasteiger partial charge in [-0.2, -0.15) is 11.8 Å². The molecule has 1 rings (SSSR count). The van der Waals surface area contributed by atoms with Crippen molar-refractivity contribution in [2.45, 2.75) is 30.9 Å². The number of hydrogen-bond acceptors (Lipinski definition) is 1. The fourth-order valence-corrected chi connectivity index (χ4v) is 2.68. The van der Waals surface area contributed by atoms with Crippen molar-refractivity contribution in [2.75, 3.05) is 5.75 Å². The summed E-state index contributed by atoms with van der Waals surface area (Å²) in [6, 6.07) is 0.